The number of piperidine rings is 1. The van der Waals surface area contributed by atoms with E-state index in [1.165, 1.54) is 35.2 Å². The molecule has 19 heteroatoms. The monoisotopic (exact) mass is 879 g/mol. The number of nitriles is 1. The summed E-state index contributed by atoms with van der Waals surface area (Å²) in [6.45, 7) is 6.66. The Balaban J connectivity index is 0.752. The second kappa shape index (κ2) is 15.8. The molecule has 2 aromatic heterocycles. The van der Waals surface area contributed by atoms with E-state index in [0.29, 0.717) is 58.1 Å². The van der Waals surface area contributed by atoms with Gasteiger partial charge in [-0.3, -0.25) is 29.1 Å². The number of anilines is 3. The second-order valence-corrected chi connectivity index (χ2v) is 18.6. The summed E-state index contributed by atoms with van der Waals surface area (Å²) in [7, 11) is 3.66. The molecule has 63 heavy (non-hydrogen) atoms. The smallest absolute Gasteiger partial charge is 0.329 e. The summed E-state index contributed by atoms with van der Waals surface area (Å²) in [4.78, 5) is 48.8. The highest BCUT2D eigenvalue weighted by Gasteiger charge is 2.55. The van der Waals surface area contributed by atoms with E-state index in [1.807, 2.05) is 24.3 Å². The maximum atomic E-state index is 15.7. The first-order valence-electron chi connectivity index (χ1n) is 21.3. The van der Waals surface area contributed by atoms with Crippen molar-refractivity contribution in [3.05, 3.63) is 76.3 Å². The van der Waals surface area contributed by atoms with Crippen molar-refractivity contribution in [1.82, 2.24) is 33.9 Å². The van der Waals surface area contributed by atoms with Gasteiger partial charge >= 0.3 is 6.03 Å². The largest absolute Gasteiger partial charge is 0.453 e. The van der Waals surface area contributed by atoms with Crippen LogP contribution in [0.5, 0.6) is 11.5 Å². The van der Waals surface area contributed by atoms with Crippen LogP contribution in [0.2, 0.25) is 0 Å². The van der Waals surface area contributed by atoms with Crippen LogP contribution in [-0.4, -0.2) is 105 Å². The Bertz CT molecular complexity index is 2770. The van der Waals surface area contributed by atoms with Crippen molar-refractivity contribution < 1.29 is 27.8 Å². The van der Waals surface area contributed by atoms with Crippen molar-refractivity contribution >= 4 is 63.1 Å². The fourth-order valence-electron chi connectivity index (χ4n) is 10.1. The highest BCUT2D eigenvalue weighted by molar-refractivity contribution is 7.98. The number of nitrogens with zero attached hydrogens (tertiary/aromatic N) is 9. The molecule has 2 N–H and O–H groups in total. The molecule has 4 aliphatic heterocycles. The van der Waals surface area contributed by atoms with Crippen molar-refractivity contribution in [3.8, 4) is 17.6 Å². The molecule has 1 aliphatic carbocycles. The highest BCUT2D eigenvalue weighted by atomic mass is 32.2. The number of nitrogens with one attached hydrogen (secondary N) is 2. The first-order valence-corrected chi connectivity index (χ1v) is 22.1. The van der Waals surface area contributed by atoms with Gasteiger partial charge in [-0.2, -0.15) is 10.4 Å². The lowest BCUT2D eigenvalue weighted by Gasteiger charge is -2.62. The van der Waals surface area contributed by atoms with Gasteiger partial charge in [0, 0.05) is 81.7 Å². The molecule has 5 fully saturated rings. The summed E-state index contributed by atoms with van der Waals surface area (Å²) in [5.74, 6) is -1.08. The maximum Gasteiger partial charge on any atom is 0.329 e. The van der Waals surface area contributed by atoms with E-state index in [4.69, 9.17) is 9.47 Å². The number of rotatable bonds is 10. The normalized spacial score (nSPS) is 21.0. The SMILES string of the molecule is CCN(C)SNc1ccc(F)c(Oc2ccc3ncn(C4COC5(CCN(C6CC7(C6)CN(c6cc8c(cc6F)c(N6CCC(=O)NC6=O)nn8C)C7)CC5)C4)c(=O)c3c2)c1C#N. The van der Waals surface area contributed by atoms with Crippen LogP contribution in [-0.2, 0) is 16.6 Å². The van der Waals surface area contributed by atoms with Crippen LogP contribution in [0.4, 0.5) is 30.8 Å². The molecule has 4 saturated heterocycles. The van der Waals surface area contributed by atoms with Gasteiger partial charge in [-0.25, -0.2) is 22.9 Å². The lowest BCUT2D eigenvalue weighted by molar-refractivity contribution is -0.120. The van der Waals surface area contributed by atoms with Crippen molar-refractivity contribution in [2.75, 3.05) is 67.4 Å². The molecule has 6 heterocycles. The Morgan fingerprint density at radius 3 is 2.57 bits per heavy atom. The molecular formula is C44H47F2N11O5S. The number of benzene rings is 3. The minimum atomic E-state index is -0.697. The molecule has 2 spiro atoms. The number of aromatic nitrogens is 4. The molecule has 1 unspecified atom stereocenters. The molecule has 3 aromatic carbocycles. The summed E-state index contributed by atoms with van der Waals surface area (Å²) in [6, 6.07) is 12.6. The van der Waals surface area contributed by atoms with Gasteiger partial charge in [0.15, 0.2) is 17.4 Å². The van der Waals surface area contributed by atoms with Crippen LogP contribution >= 0.6 is 12.1 Å². The van der Waals surface area contributed by atoms with Crippen LogP contribution in [0.1, 0.15) is 57.1 Å². The zero-order chi connectivity index (χ0) is 43.8. The molecule has 0 radical (unpaired) electrons. The number of amides is 3. The molecule has 328 valence electrons. The molecule has 1 saturated carbocycles. The minimum absolute atomic E-state index is 0.0120. The first-order chi connectivity index (χ1) is 30.3. The maximum absolute atomic E-state index is 15.7. The number of ether oxygens (including phenoxy) is 2. The number of hydrogen-bond donors (Lipinski definition) is 2. The van der Waals surface area contributed by atoms with E-state index in [-0.39, 0.29) is 64.4 Å². The Morgan fingerprint density at radius 1 is 1.03 bits per heavy atom. The van der Waals surface area contributed by atoms with Gasteiger partial charge in [0.25, 0.3) is 5.56 Å². The standard InChI is InChI=1S/C44H47F2N11O5S/c1-4-52(2)63-51-35-8-6-32(45)39(31(35)21-47)62-28-5-7-34-29(15-28)41(59)57(25-48-34)27-20-44(61-22-27)10-13-54(14-11-44)26-18-43(19-26)23-55(24-43)37-17-36-30(16-33(37)46)40(50-53(36)3)56-12-9-38(58)49-42(56)60/h5-8,15-17,25-27,51H,4,9-14,18-20,22-24H2,1-3H3,(H,49,58,60). The Morgan fingerprint density at radius 2 is 1.83 bits per heavy atom. The van der Waals surface area contributed by atoms with Gasteiger partial charge in [-0.05, 0) is 81.6 Å². The van der Waals surface area contributed by atoms with E-state index in [0.717, 1.165) is 58.4 Å². The van der Waals surface area contributed by atoms with Crippen LogP contribution in [0.25, 0.3) is 21.8 Å². The lowest BCUT2D eigenvalue weighted by atomic mass is 9.59. The molecule has 5 aliphatic rings. The number of imide groups is 1. The topological polar surface area (TPSA) is 166 Å². The van der Waals surface area contributed by atoms with Crippen molar-refractivity contribution in [2.45, 2.75) is 63.1 Å². The molecule has 5 aromatic rings. The molecular weight excluding hydrogens is 833 g/mol. The molecule has 0 bridgehead atoms. The third-order valence-corrected chi connectivity index (χ3v) is 14.6. The molecule has 10 rings (SSSR count). The van der Waals surface area contributed by atoms with Gasteiger partial charge < -0.3 is 24.0 Å². The number of urea groups is 1. The van der Waals surface area contributed by atoms with Gasteiger partial charge in [-0.15, -0.1) is 0 Å². The summed E-state index contributed by atoms with van der Waals surface area (Å²) in [5.41, 5.74) is 1.72. The van der Waals surface area contributed by atoms with Crippen LogP contribution in [0, 0.1) is 28.4 Å². The van der Waals surface area contributed by atoms with Crippen molar-refractivity contribution in [3.63, 3.8) is 0 Å². The number of hydrogen-bond acceptors (Lipinski definition) is 13. The quantitative estimate of drug-likeness (QED) is 0.156. The average molecular weight is 880 g/mol. The van der Waals surface area contributed by atoms with E-state index in [2.05, 4.69) is 36.0 Å². The first kappa shape index (κ1) is 41.2. The summed E-state index contributed by atoms with van der Waals surface area (Å²) in [5, 5.41) is 17.6. The number of fused-ring (bicyclic) bond motifs is 2. The number of carbonyl (C=O) groups is 2. The fraction of sp³-hybridized carbons (Fsp3) is 0.455. The number of likely N-dealkylation sites (tertiary alicyclic amines) is 1. The van der Waals surface area contributed by atoms with Gasteiger partial charge in [-0.1, -0.05) is 6.92 Å². The third-order valence-electron chi connectivity index (χ3n) is 13.7. The lowest BCUT2D eigenvalue weighted by Crippen LogP contribution is -2.67. The van der Waals surface area contributed by atoms with Crippen LogP contribution in [0.3, 0.4) is 0 Å². The Hall–Kier alpha value is -5.81. The minimum Gasteiger partial charge on any atom is -0.453 e. The number of aryl methyl sites for hydroxylation is 1. The summed E-state index contributed by atoms with van der Waals surface area (Å²) < 4.78 is 51.5. The second-order valence-electron chi connectivity index (χ2n) is 17.6. The number of halogens is 2. The molecule has 16 nitrogen and oxygen atoms in total. The Labute approximate surface area is 365 Å². The predicted octanol–water partition coefficient (Wildman–Crippen LogP) is 6.06. The van der Waals surface area contributed by atoms with Gasteiger partial charge in [0.2, 0.25) is 5.91 Å². The van der Waals surface area contributed by atoms with Crippen LogP contribution in [0.15, 0.2) is 53.6 Å². The summed E-state index contributed by atoms with van der Waals surface area (Å²) in [6.07, 6.45) is 6.24. The zero-order valence-electron chi connectivity index (χ0n) is 35.2. The molecule has 1 atom stereocenters. The van der Waals surface area contributed by atoms with E-state index in [9.17, 15) is 19.6 Å². The van der Waals surface area contributed by atoms with Crippen LogP contribution < -0.4 is 30.1 Å². The van der Waals surface area contributed by atoms with Gasteiger partial charge in [0.1, 0.15) is 23.2 Å². The summed E-state index contributed by atoms with van der Waals surface area (Å²) >= 11 is 1.28. The Kier molecular flexibility index (Phi) is 10.3. The van der Waals surface area contributed by atoms with Crippen molar-refractivity contribution in [2.24, 2.45) is 12.5 Å². The fourth-order valence-corrected chi connectivity index (χ4v) is 10.6. The van der Waals surface area contributed by atoms with E-state index >= 15 is 8.78 Å². The van der Waals surface area contributed by atoms with E-state index in [1.54, 1.807) is 40.8 Å². The van der Waals surface area contributed by atoms with Gasteiger partial charge in [0.05, 0.1) is 52.4 Å². The number of carbonyl (C=O) groups excluding carboxylic acids is 2. The third kappa shape index (κ3) is 7.32. The van der Waals surface area contributed by atoms with Crippen molar-refractivity contribution in [1.29, 1.82) is 5.26 Å². The molecule has 3 amide bonds. The van der Waals surface area contributed by atoms with E-state index < -0.39 is 11.8 Å². The predicted molar refractivity (Wildman–Crippen MR) is 234 cm³/mol. The average Bonchev–Trinajstić information content (AvgIpc) is 3.80. The zero-order valence-corrected chi connectivity index (χ0v) is 36.0. The highest BCUT2D eigenvalue weighted by Crippen LogP contribution is 2.53.